The summed E-state index contributed by atoms with van der Waals surface area (Å²) in [6.07, 6.45) is 0. The van der Waals surface area contributed by atoms with Gasteiger partial charge in [-0.2, -0.15) is 0 Å². The highest BCUT2D eigenvalue weighted by molar-refractivity contribution is 7.62. The van der Waals surface area contributed by atoms with Crippen molar-refractivity contribution in [3.05, 3.63) is 48.5 Å². The van der Waals surface area contributed by atoms with Crippen molar-refractivity contribution in [1.82, 2.24) is 0 Å². The molecule has 0 spiro atoms. The van der Waals surface area contributed by atoms with Crippen LogP contribution in [0.25, 0.3) is 0 Å². The first-order valence-electron chi connectivity index (χ1n) is 4.86. The maximum Gasteiger partial charge on any atom is 0.135 e. The van der Waals surface area contributed by atoms with E-state index in [1.54, 1.807) is 0 Å². The summed E-state index contributed by atoms with van der Waals surface area (Å²) in [7, 11) is -1.82. The summed E-state index contributed by atoms with van der Waals surface area (Å²) in [5.41, 5.74) is 1.94. The van der Waals surface area contributed by atoms with Gasteiger partial charge in [0.15, 0.2) is 0 Å². The Morgan fingerprint density at radius 3 is 1.80 bits per heavy atom. The van der Waals surface area contributed by atoms with E-state index in [1.807, 2.05) is 48.5 Å². The first-order chi connectivity index (χ1) is 7.36. The van der Waals surface area contributed by atoms with Crippen molar-refractivity contribution in [2.24, 2.45) is 0 Å². The summed E-state index contributed by atoms with van der Waals surface area (Å²) in [6, 6.07) is 15.6. The summed E-state index contributed by atoms with van der Waals surface area (Å²) in [6.45, 7) is 0. The number of rotatable bonds is 0. The average molecular weight is 215 g/mol. The van der Waals surface area contributed by atoms with Crippen molar-refractivity contribution < 1.29 is 4.57 Å². The Kier molecular flexibility index (Phi) is 1.90. The Bertz CT molecular complexity index is 503. The zero-order valence-corrected chi connectivity index (χ0v) is 9.03. The van der Waals surface area contributed by atoms with Crippen molar-refractivity contribution in [2.75, 3.05) is 5.32 Å². The van der Waals surface area contributed by atoms with Crippen molar-refractivity contribution in [3.63, 3.8) is 0 Å². The predicted octanol–water partition coefficient (Wildman–Crippen LogP) is 2.25. The Morgan fingerprint density at radius 2 is 1.27 bits per heavy atom. The quantitative estimate of drug-likeness (QED) is 0.583. The molecule has 1 aliphatic heterocycles. The molecular formula is C12H10NOP. The zero-order valence-electron chi connectivity index (χ0n) is 8.03. The number of hydrogen-bond acceptors (Lipinski definition) is 2. The molecule has 3 rings (SSSR count). The summed E-state index contributed by atoms with van der Waals surface area (Å²) >= 11 is 0. The van der Waals surface area contributed by atoms with Gasteiger partial charge in [-0.3, -0.25) is 0 Å². The summed E-state index contributed by atoms with van der Waals surface area (Å²) in [5.74, 6) is 0. The standard InChI is InChI=1S/C12H10NOP/c14-15-11-7-3-1-5-9(11)13-10-6-2-4-8-12(10)15/h1-8,15H,(H,13,14). The number of nitrogens with one attached hydrogen (secondary N) is 1. The monoisotopic (exact) mass is 215 g/mol. The Balaban J connectivity index is 2.24. The van der Waals surface area contributed by atoms with Gasteiger partial charge in [-0.05, 0) is 24.3 Å². The second-order valence-corrected chi connectivity index (χ2v) is 5.28. The van der Waals surface area contributed by atoms with E-state index in [4.69, 9.17) is 0 Å². The van der Waals surface area contributed by atoms with Crippen LogP contribution in [0.3, 0.4) is 0 Å². The van der Waals surface area contributed by atoms with Crippen molar-refractivity contribution in [2.45, 2.75) is 0 Å². The molecule has 0 unspecified atom stereocenters. The minimum absolute atomic E-state index is 0.932. The van der Waals surface area contributed by atoms with Gasteiger partial charge in [0.05, 0.1) is 0 Å². The lowest BCUT2D eigenvalue weighted by molar-refractivity contribution is 0.598. The highest BCUT2D eigenvalue weighted by Crippen LogP contribution is 2.33. The second-order valence-electron chi connectivity index (χ2n) is 3.55. The molecule has 1 N–H and O–H groups in total. The van der Waals surface area contributed by atoms with E-state index in [-0.39, 0.29) is 0 Å². The Hall–Kier alpha value is -1.53. The molecule has 2 nitrogen and oxygen atoms in total. The van der Waals surface area contributed by atoms with Gasteiger partial charge < -0.3 is 9.88 Å². The number of para-hydroxylation sites is 2. The van der Waals surface area contributed by atoms with E-state index in [0.29, 0.717) is 0 Å². The van der Waals surface area contributed by atoms with Crippen LogP contribution in [0.15, 0.2) is 48.5 Å². The maximum absolute atomic E-state index is 12.3. The third-order valence-electron chi connectivity index (χ3n) is 2.61. The van der Waals surface area contributed by atoms with E-state index < -0.39 is 7.80 Å². The third kappa shape index (κ3) is 1.30. The second kappa shape index (κ2) is 3.25. The molecule has 1 heterocycles. The molecule has 0 aromatic heterocycles. The van der Waals surface area contributed by atoms with Crippen molar-refractivity contribution >= 4 is 29.8 Å². The van der Waals surface area contributed by atoms with Gasteiger partial charge in [0.1, 0.15) is 7.80 Å². The first kappa shape index (κ1) is 8.75. The van der Waals surface area contributed by atoms with Gasteiger partial charge >= 0.3 is 0 Å². The highest BCUT2D eigenvalue weighted by atomic mass is 31.1. The molecule has 0 fully saturated rings. The van der Waals surface area contributed by atoms with Gasteiger partial charge in [-0.1, -0.05) is 24.3 Å². The van der Waals surface area contributed by atoms with E-state index in [9.17, 15) is 4.57 Å². The molecule has 0 aliphatic carbocycles. The lowest BCUT2D eigenvalue weighted by Crippen LogP contribution is -2.19. The van der Waals surface area contributed by atoms with Crippen LogP contribution >= 0.6 is 7.80 Å². The molecule has 1 aliphatic rings. The molecule has 15 heavy (non-hydrogen) atoms. The van der Waals surface area contributed by atoms with Gasteiger partial charge in [-0.25, -0.2) is 0 Å². The first-order valence-corrected chi connectivity index (χ1v) is 6.27. The lowest BCUT2D eigenvalue weighted by Gasteiger charge is -2.20. The lowest BCUT2D eigenvalue weighted by atomic mass is 10.2. The van der Waals surface area contributed by atoms with E-state index >= 15 is 0 Å². The fourth-order valence-electron chi connectivity index (χ4n) is 1.87. The zero-order chi connectivity index (χ0) is 10.3. The van der Waals surface area contributed by atoms with Crippen LogP contribution < -0.4 is 15.9 Å². The van der Waals surface area contributed by atoms with Crippen LogP contribution in [0.4, 0.5) is 11.4 Å². The molecule has 2 aromatic carbocycles. The normalized spacial score (nSPS) is 13.9. The van der Waals surface area contributed by atoms with E-state index in [0.717, 1.165) is 22.0 Å². The largest absolute Gasteiger partial charge is 0.354 e. The fraction of sp³-hybridized carbons (Fsp3) is 0. The van der Waals surface area contributed by atoms with Crippen LogP contribution in [0.2, 0.25) is 0 Å². The number of fused-ring (bicyclic) bond motifs is 2. The van der Waals surface area contributed by atoms with Crippen molar-refractivity contribution in [1.29, 1.82) is 0 Å². The molecule has 0 saturated carbocycles. The van der Waals surface area contributed by atoms with Gasteiger partial charge in [-0.15, -0.1) is 0 Å². The van der Waals surface area contributed by atoms with Gasteiger partial charge in [0.25, 0.3) is 0 Å². The van der Waals surface area contributed by atoms with Crippen LogP contribution in [-0.4, -0.2) is 0 Å². The SMILES string of the molecule is O=[PH]1c2ccccc2Nc2ccccc21. The van der Waals surface area contributed by atoms with Gasteiger partial charge in [0, 0.05) is 22.0 Å². The minimum Gasteiger partial charge on any atom is -0.354 e. The van der Waals surface area contributed by atoms with Crippen LogP contribution in [0, 0.1) is 0 Å². The molecule has 74 valence electrons. The van der Waals surface area contributed by atoms with Crippen LogP contribution in [0.1, 0.15) is 0 Å². The van der Waals surface area contributed by atoms with E-state index in [2.05, 4.69) is 5.32 Å². The fourth-order valence-corrected chi connectivity index (χ4v) is 3.44. The summed E-state index contributed by atoms with van der Waals surface area (Å²) < 4.78 is 12.3. The molecule has 0 bridgehead atoms. The number of hydrogen-bond donors (Lipinski definition) is 1. The number of anilines is 2. The summed E-state index contributed by atoms with van der Waals surface area (Å²) in [5, 5.41) is 5.16. The Morgan fingerprint density at radius 1 is 0.800 bits per heavy atom. The smallest absolute Gasteiger partial charge is 0.135 e. The molecule has 0 atom stereocenters. The summed E-state index contributed by atoms with van der Waals surface area (Å²) in [4.78, 5) is 0. The molecular weight excluding hydrogens is 205 g/mol. The topological polar surface area (TPSA) is 29.1 Å². The molecule has 3 heteroatoms. The predicted molar refractivity (Wildman–Crippen MR) is 64.4 cm³/mol. The third-order valence-corrected chi connectivity index (χ3v) is 4.46. The van der Waals surface area contributed by atoms with Crippen LogP contribution in [0.5, 0.6) is 0 Å². The molecule has 0 radical (unpaired) electrons. The van der Waals surface area contributed by atoms with Crippen LogP contribution in [-0.2, 0) is 4.57 Å². The average Bonchev–Trinajstić information content (AvgIpc) is 2.30. The molecule has 2 aromatic rings. The molecule has 0 saturated heterocycles. The highest BCUT2D eigenvalue weighted by Gasteiger charge is 2.19. The minimum atomic E-state index is -1.82. The van der Waals surface area contributed by atoms with E-state index in [1.165, 1.54) is 0 Å². The van der Waals surface area contributed by atoms with Crippen molar-refractivity contribution in [3.8, 4) is 0 Å². The molecule has 0 amide bonds. The number of benzene rings is 2. The van der Waals surface area contributed by atoms with Gasteiger partial charge in [0.2, 0.25) is 0 Å². The Labute approximate surface area is 88.7 Å². The maximum atomic E-state index is 12.3.